The molecule has 0 saturated heterocycles. The van der Waals surface area contributed by atoms with E-state index in [9.17, 15) is 17.6 Å². The molecule has 0 spiro atoms. The predicted molar refractivity (Wildman–Crippen MR) is 80.7 cm³/mol. The molecule has 0 atom stereocenters. The second-order valence-corrected chi connectivity index (χ2v) is 6.86. The van der Waals surface area contributed by atoms with Crippen molar-refractivity contribution in [3.63, 3.8) is 0 Å². The van der Waals surface area contributed by atoms with Gasteiger partial charge in [-0.05, 0) is 30.3 Å². The third kappa shape index (κ3) is 2.76. The molecule has 0 bridgehead atoms. The molecular formula is C14H13FN4O3S. The molecule has 3 rings (SSSR count). The van der Waals surface area contributed by atoms with Crippen LogP contribution >= 0.6 is 0 Å². The van der Waals surface area contributed by atoms with Gasteiger partial charge in [0, 0.05) is 11.9 Å². The number of halogens is 1. The van der Waals surface area contributed by atoms with Crippen LogP contribution < -0.4 is 10.6 Å². The van der Waals surface area contributed by atoms with Gasteiger partial charge >= 0.3 is 0 Å². The monoisotopic (exact) mass is 336 g/mol. The molecule has 1 amide bonds. The number of nitrogens with two attached hydrogens (primary N) is 1. The lowest BCUT2D eigenvalue weighted by Gasteiger charge is -2.36. The Bertz CT molecular complexity index is 872. The lowest BCUT2D eigenvalue weighted by molar-refractivity contribution is -0.118. The second kappa shape index (κ2) is 5.60. The Hall–Kier alpha value is -2.52. The van der Waals surface area contributed by atoms with E-state index in [0.717, 1.165) is 4.31 Å². The molecule has 23 heavy (non-hydrogen) atoms. The highest BCUT2D eigenvalue weighted by Gasteiger charge is 2.37. The second-order valence-electron chi connectivity index (χ2n) is 4.96. The van der Waals surface area contributed by atoms with E-state index < -0.39 is 28.3 Å². The summed E-state index contributed by atoms with van der Waals surface area (Å²) in [6, 6.07) is 8.55. The van der Waals surface area contributed by atoms with Crippen LogP contribution in [0.2, 0.25) is 0 Å². The number of hydrogen-bond donors (Lipinski definition) is 1. The van der Waals surface area contributed by atoms with E-state index in [-0.39, 0.29) is 17.4 Å². The fraction of sp³-hybridized carbons (Fsp3) is 0.143. The molecule has 1 aromatic carbocycles. The average Bonchev–Trinajstić information content (AvgIpc) is 2.50. The van der Waals surface area contributed by atoms with Crippen LogP contribution in [0.5, 0.6) is 0 Å². The molecule has 2 aromatic rings. The Labute approximate surface area is 132 Å². The molecule has 1 aromatic heterocycles. The number of nitrogens with zero attached hydrogens (tertiary/aromatic N) is 3. The largest absolute Gasteiger partial charge is 0.369 e. The van der Waals surface area contributed by atoms with Crippen LogP contribution in [0.25, 0.3) is 0 Å². The average molecular weight is 336 g/mol. The van der Waals surface area contributed by atoms with Gasteiger partial charge in [0.1, 0.15) is 10.7 Å². The van der Waals surface area contributed by atoms with Crippen molar-refractivity contribution < 1.29 is 17.6 Å². The van der Waals surface area contributed by atoms with Crippen molar-refractivity contribution in [2.75, 3.05) is 18.1 Å². The van der Waals surface area contributed by atoms with Gasteiger partial charge in [-0.3, -0.25) is 4.79 Å². The molecule has 7 nitrogen and oxygen atoms in total. The molecule has 120 valence electrons. The van der Waals surface area contributed by atoms with Gasteiger partial charge in [0.15, 0.2) is 5.82 Å². The summed E-state index contributed by atoms with van der Waals surface area (Å²) < 4.78 is 39.6. The van der Waals surface area contributed by atoms with Crippen molar-refractivity contribution in [2.45, 2.75) is 4.90 Å². The van der Waals surface area contributed by atoms with Crippen molar-refractivity contribution in [1.29, 1.82) is 0 Å². The number of hydrogen-bond acceptors (Lipinski definition) is 5. The molecule has 2 heterocycles. The van der Waals surface area contributed by atoms with E-state index in [1.807, 2.05) is 0 Å². The highest BCUT2D eigenvalue weighted by Crippen LogP contribution is 2.35. The summed E-state index contributed by atoms with van der Waals surface area (Å²) in [5.74, 6) is -1.06. The lowest BCUT2D eigenvalue weighted by Crippen LogP contribution is -2.48. The lowest BCUT2D eigenvalue weighted by atomic mass is 10.2. The Morgan fingerprint density at radius 3 is 2.78 bits per heavy atom. The first-order chi connectivity index (χ1) is 10.9. The van der Waals surface area contributed by atoms with Gasteiger partial charge in [-0.15, -0.1) is 0 Å². The van der Waals surface area contributed by atoms with E-state index in [4.69, 9.17) is 5.73 Å². The number of amides is 1. The van der Waals surface area contributed by atoms with Crippen LogP contribution in [0.4, 0.5) is 15.9 Å². The quantitative estimate of drug-likeness (QED) is 0.894. The summed E-state index contributed by atoms with van der Waals surface area (Å²) in [4.78, 5) is 16.7. The summed E-state index contributed by atoms with van der Waals surface area (Å²) in [7, 11) is -3.89. The van der Waals surface area contributed by atoms with E-state index in [2.05, 4.69) is 4.98 Å². The summed E-state index contributed by atoms with van der Waals surface area (Å²) in [6.07, 6.45) is 1.45. The van der Waals surface area contributed by atoms with Gasteiger partial charge in [0.05, 0.1) is 13.2 Å². The first kappa shape index (κ1) is 15.4. The maximum Gasteiger partial charge on any atom is 0.248 e. The fourth-order valence-corrected chi connectivity index (χ4v) is 3.87. The fourth-order valence-electron chi connectivity index (χ4n) is 2.38. The first-order valence-corrected chi connectivity index (χ1v) is 8.10. The van der Waals surface area contributed by atoms with Crippen molar-refractivity contribution in [2.24, 2.45) is 5.73 Å². The van der Waals surface area contributed by atoms with Crippen LogP contribution in [0.15, 0.2) is 47.5 Å². The standard InChI is InChI=1S/C14H13FN4O3S/c15-10-3-1-4-11(7-10)19-9-18(8-13(16)20)23(21,22)12-5-2-6-17-14(12)19/h1-7H,8-9H2,(H2,16,20). The number of anilines is 2. The smallest absolute Gasteiger partial charge is 0.248 e. The highest BCUT2D eigenvalue weighted by molar-refractivity contribution is 7.89. The van der Waals surface area contributed by atoms with E-state index in [0.29, 0.717) is 5.69 Å². The van der Waals surface area contributed by atoms with Gasteiger partial charge in [-0.1, -0.05) is 6.07 Å². The van der Waals surface area contributed by atoms with Crippen LogP contribution in [-0.4, -0.2) is 36.8 Å². The molecule has 0 saturated carbocycles. The zero-order valence-corrected chi connectivity index (χ0v) is 12.7. The predicted octanol–water partition coefficient (Wildman–Crippen LogP) is 0.806. The zero-order chi connectivity index (χ0) is 16.6. The summed E-state index contributed by atoms with van der Waals surface area (Å²) in [5.41, 5.74) is 5.56. The summed E-state index contributed by atoms with van der Waals surface area (Å²) in [5, 5.41) is 0. The summed E-state index contributed by atoms with van der Waals surface area (Å²) >= 11 is 0. The number of benzene rings is 1. The maximum atomic E-state index is 13.5. The molecule has 0 unspecified atom stereocenters. The molecule has 1 aliphatic heterocycles. The first-order valence-electron chi connectivity index (χ1n) is 6.66. The van der Waals surface area contributed by atoms with Crippen LogP contribution in [-0.2, 0) is 14.8 Å². The minimum absolute atomic E-state index is 0.0586. The number of primary amides is 1. The normalized spacial score (nSPS) is 16.8. The maximum absolute atomic E-state index is 13.5. The SMILES string of the molecule is NC(=O)CN1CN(c2cccc(F)c2)c2ncccc2S1(=O)=O. The molecule has 0 fully saturated rings. The highest BCUT2D eigenvalue weighted by atomic mass is 32.2. The number of aromatic nitrogens is 1. The number of rotatable bonds is 3. The van der Waals surface area contributed by atoms with Gasteiger partial charge in [0.2, 0.25) is 15.9 Å². The Kier molecular flexibility index (Phi) is 3.74. The van der Waals surface area contributed by atoms with Gasteiger partial charge in [-0.25, -0.2) is 17.8 Å². The Morgan fingerprint density at radius 1 is 1.30 bits per heavy atom. The Morgan fingerprint density at radius 2 is 2.09 bits per heavy atom. The third-order valence-electron chi connectivity index (χ3n) is 3.38. The van der Waals surface area contributed by atoms with Crippen LogP contribution in [0.1, 0.15) is 0 Å². The van der Waals surface area contributed by atoms with E-state index in [1.54, 1.807) is 6.07 Å². The molecule has 0 aliphatic carbocycles. The number of pyridine rings is 1. The third-order valence-corrected chi connectivity index (χ3v) is 5.17. The number of carbonyl (C=O) groups is 1. The van der Waals surface area contributed by atoms with Crippen LogP contribution in [0, 0.1) is 5.82 Å². The number of fused-ring (bicyclic) bond motifs is 1. The molecule has 1 aliphatic rings. The van der Waals surface area contributed by atoms with Crippen molar-refractivity contribution in [1.82, 2.24) is 9.29 Å². The molecule has 2 N–H and O–H groups in total. The molecule has 0 radical (unpaired) electrons. The van der Waals surface area contributed by atoms with Gasteiger partial charge in [0.25, 0.3) is 0 Å². The van der Waals surface area contributed by atoms with E-state index in [1.165, 1.54) is 41.4 Å². The summed E-state index contributed by atoms with van der Waals surface area (Å²) in [6.45, 7) is -0.652. The topological polar surface area (TPSA) is 96.6 Å². The minimum atomic E-state index is -3.89. The van der Waals surface area contributed by atoms with Gasteiger partial charge < -0.3 is 10.6 Å². The van der Waals surface area contributed by atoms with E-state index >= 15 is 0 Å². The number of carbonyl (C=O) groups excluding carboxylic acids is 1. The molecule has 9 heteroatoms. The Balaban J connectivity index is 2.15. The van der Waals surface area contributed by atoms with Crippen molar-refractivity contribution >= 4 is 27.4 Å². The van der Waals surface area contributed by atoms with Crippen molar-refractivity contribution in [3.05, 3.63) is 48.4 Å². The molecular weight excluding hydrogens is 323 g/mol. The van der Waals surface area contributed by atoms with Gasteiger partial charge in [-0.2, -0.15) is 4.31 Å². The number of sulfonamides is 1. The zero-order valence-electron chi connectivity index (χ0n) is 11.9. The van der Waals surface area contributed by atoms with Crippen LogP contribution in [0.3, 0.4) is 0 Å². The minimum Gasteiger partial charge on any atom is -0.369 e. The van der Waals surface area contributed by atoms with Crippen molar-refractivity contribution in [3.8, 4) is 0 Å².